The van der Waals surface area contributed by atoms with Crippen LogP contribution in [0.2, 0.25) is 0 Å². The molecule has 0 bridgehead atoms. The van der Waals surface area contributed by atoms with Crippen LogP contribution in [0.4, 0.5) is 5.69 Å². The molecule has 0 radical (unpaired) electrons. The number of nitriles is 1. The smallest absolute Gasteiger partial charge is 0.253 e. The maximum atomic E-state index is 12.4. The fourth-order valence-corrected chi connectivity index (χ4v) is 2.98. The highest BCUT2D eigenvalue weighted by atomic mass is 16.2. The molecule has 1 aliphatic heterocycles. The fraction of sp³-hybridized carbons (Fsp3) is 0.250. The second-order valence-electron chi connectivity index (χ2n) is 6.11. The zero-order valence-electron chi connectivity index (χ0n) is 13.8. The molecule has 126 valence electrons. The normalized spacial score (nSPS) is 14.6. The van der Waals surface area contributed by atoms with Gasteiger partial charge in [0.15, 0.2) is 0 Å². The van der Waals surface area contributed by atoms with E-state index in [-0.39, 0.29) is 17.7 Å². The average Bonchev–Trinajstić information content (AvgIpc) is 2.69. The van der Waals surface area contributed by atoms with Gasteiger partial charge < -0.3 is 10.2 Å². The Morgan fingerprint density at radius 3 is 2.24 bits per heavy atom. The van der Waals surface area contributed by atoms with E-state index < -0.39 is 0 Å². The third-order valence-corrected chi connectivity index (χ3v) is 4.46. The van der Waals surface area contributed by atoms with Crippen molar-refractivity contribution < 1.29 is 9.59 Å². The van der Waals surface area contributed by atoms with Crippen molar-refractivity contribution in [3.05, 3.63) is 65.7 Å². The van der Waals surface area contributed by atoms with Gasteiger partial charge in [-0.15, -0.1) is 0 Å². The predicted molar refractivity (Wildman–Crippen MR) is 94.9 cm³/mol. The van der Waals surface area contributed by atoms with Crippen LogP contribution in [0.15, 0.2) is 54.6 Å². The maximum absolute atomic E-state index is 12.4. The number of hydrogen-bond donors (Lipinski definition) is 1. The lowest BCUT2D eigenvalue weighted by Gasteiger charge is -2.31. The molecule has 25 heavy (non-hydrogen) atoms. The van der Waals surface area contributed by atoms with Crippen LogP contribution in [-0.2, 0) is 4.79 Å². The second kappa shape index (κ2) is 7.63. The molecule has 2 amide bonds. The lowest BCUT2D eigenvalue weighted by atomic mass is 9.95. The first kappa shape index (κ1) is 16.7. The lowest BCUT2D eigenvalue weighted by molar-refractivity contribution is -0.121. The van der Waals surface area contributed by atoms with E-state index in [1.54, 1.807) is 29.2 Å². The number of anilines is 1. The summed E-state index contributed by atoms with van der Waals surface area (Å²) in [4.78, 5) is 26.6. The summed E-state index contributed by atoms with van der Waals surface area (Å²) < 4.78 is 0. The van der Waals surface area contributed by atoms with Crippen molar-refractivity contribution in [1.82, 2.24) is 4.90 Å². The lowest BCUT2D eigenvalue weighted by Crippen LogP contribution is -2.41. The number of hydrogen-bond acceptors (Lipinski definition) is 3. The molecule has 1 fully saturated rings. The number of carbonyl (C=O) groups is 2. The third kappa shape index (κ3) is 4.04. The summed E-state index contributed by atoms with van der Waals surface area (Å²) in [5.41, 5.74) is 1.93. The van der Waals surface area contributed by atoms with Crippen LogP contribution < -0.4 is 5.32 Å². The van der Waals surface area contributed by atoms with Gasteiger partial charge in [-0.05, 0) is 49.2 Å². The number of piperidine rings is 1. The Balaban J connectivity index is 1.54. The summed E-state index contributed by atoms with van der Waals surface area (Å²) in [5, 5.41) is 11.7. The third-order valence-electron chi connectivity index (χ3n) is 4.46. The second-order valence-corrected chi connectivity index (χ2v) is 6.11. The van der Waals surface area contributed by atoms with Crippen molar-refractivity contribution in [3.8, 4) is 6.07 Å². The van der Waals surface area contributed by atoms with Crippen LogP contribution in [0.25, 0.3) is 0 Å². The van der Waals surface area contributed by atoms with Crippen molar-refractivity contribution >= 4 is 17.5 Å². The van der Waals surface area contributed by atoms with E-state index in [4.69, 9.17) is 5.26 Å². The first-order chi connectivity index (χ1) is 12.2. The molecule has 0 spiro atoms. The Morgan fingerprint density at radius 1 is 1.00 bits per heavy atom. The summed E-state index contributed by atoms with van der Waals surface area (Å²) in [6.45, 7) is 1.17. The molecule has 0 saturated carbocycles. The fourth-order valence-electron chi connectivity index (χ4n) is 2.98. The van der Waals surface area contributed by atoms with Gasteiger partial charge in [-0.1, -0.05) is 18.2 Å². The zero-order valence-corrected chi connectivity index (χ0v) is 13.8. The molecule has 0 atom stereocenters. The number of nitrogens with one attached hydrogen (secondary N) is 1. The van der Waals surface area contributed by atoms with E-state index in [2.05, 4.69) is 5.32 Å². The van der Waals surface area contributed by atoms with Gasteiger partial charge in [0.1, 0.15) is 0 Å². The van der Waals surface area contributed by atoms with Crippen LogP contribution in [0.5, 0.6) is 0 Å². The zero-order chi connectivity index (χ0) is 17.6. The molecule has 3 rings (SSSR count). The minimum atomic E-state index is -0.101. The highest BCUT2D eigenvalue weighted by Crippen LogP contribution is 2.21. The van der Waals surface area contributed by atoms with Crippen LogP contribution in [0.3, 0.4) is 0 Å². The van der Waals surface area contributed by atoms with Gasteiger partial charge in [-0.25, -0.2) is 0 Å². The highest BCUT2D eigenvalue weighted by Gasteiger charge is 2.27. The number of carbonyl (C=O) groups excluding carboxylic acids is 2. The Morgan fingerprint density at radius 2 is 1.64 bits per heavy atom. The molecule has 5 nitrogen and oxygen atoms in total. The largest absolute Gasteiger partial charge is 0.339 e. The van der Waals surface area contributed by atoms with Gasteiger partial charge >= 0.3 is 0 Å². The van der Waals surface area contributed by atoms with E-state index in [9.17, 15) is 9.59 Å². The van der Waals surface area contributed by atoms with E-state index in [0.717, 1.165) is 0 Å². The van der Waals surface area contributed by atoms with Crippen molar-refractivity contribution in [3.63, 3.8) is 0 Å². The number of benzene rings is 2. The van der Waals surface area contributed by atoms with Crippen molar-refractivity contribution in [2.45, 2.75) is 12.8 Å². The van der Waals surface area contributed by atoms with Crippen molar-refractivity contribution in [1.29, 1.82) is 5.26 Å². The summed E-state index contributed by atoms with van der Waals surface area (Å²) in [7, 11) is 0. The number of rotatable bonds is 3. The van der Waals surface area contributed by atoms with Crippen LogP contribution in [0.1, 0.15) is 28.8 Å². The summed E-state index contributed by atoms with van der Waals surface area (Å²) in [5.74, 6) is -0.112. The molecule has 1 heterocycles. The molecule has 5 heteroatoms. The van der Waals surface area contributed by atoms with Gasteiger partial charge in [0.05, 0.1) is 11.6 Å². The van der Waals surface area contributed by atoms with Gasteiger partial charge in [0.2, 0.25) is 5.91 Å². The molecule has 0 unspecified atom stereocenters. The molecular formula is C20H19N3O2. The van der Waals surface area contributed by atoms with Crippen molar-refractivity contribution in [2.24, 2.45) is 5.92 Å². The Kier molecular flexibility index (Phi) is 5.10. The Hall–Kier alpha value is -3.13. The van der Waals surface area contributed by atoms with E-state index in [1.807, 2.05) is 36.4 Å². The maximum Gasteiger partial charge on any atom is 0.253 e. The van der Waals surface area contributed by atoms with Crippen molar-refractivity contribution in [2.75, 3.05) is 18.4 Å². The Labute approximate surface area is 146 Å². The number of amides is 2. The quantitative estimate of drug-likeness (QED) is 0.938. The predicted octanol–water partition coefficient (Wildman–Crippen LogP) is 3.05. The van der Waals surface area contributed by atoms with E-state index in [1.165, 1.54) is 0 Å². The number of likely N-dealkylation sites (tertiary alicyclic amines) is 1. The van der Waals surface area contributed by atoms with Crippen LogP contribution >= 0.6 is 0 Å². The average molecular weight is 333 g/mol. The first-order valence-electron chi connectivity index (χ1n) is 8.33. The molecular weight excluding hydrogens is 314 g/mol. The molecule has 1 N–H and O–H groups in total. The summed E-state index contributed by atoms with van der Waals surface area (Å²) in [6, 6.07) is 18.1. The topological polar surface area (TPSA) is 73.2 Å². The van der Waals surface area contributed by atoms with E-state index in [0.29, 0.717) is 42.7 Å². The SMILES string of the molecule is N#Cc1ccc(NC(=O)C2CCN(C(=O)c3ccccc3)CC2)cc1. The standard InChI is InChI=1S/C20H19N3O2/c21-14-15-6-8-18(9-7-15)22-19(24)16-10-12-23(13-11-16)20(25)17-4-2-1-3-5-17/h1-9,16H,10-13H2,(H,22,24). The minimum absolute atomic E-state index is 0.0200. The summed E-state index contributed by atoms with van der Waals surface area (Å²) in [6.07, 6.45) is 1.31. The molecule has 0 aliphatic carbocycles. The van der Waals surface area contributed by atoms with Gasteiger partial charge in [-0.3, -0.25) is 9.59 Å². The van der Waals surface area contributed by atoms with Crippen LogP contribution in [0, 0.1) is 17.2 Å². The molecule has 2 aromatic rings. The molecule has 1 aliphatic rings. The summed E-state index contributed by atoms with van der Waals surface area (Å²) >= 11 is 0. The molecule has 2 aromatic carbocycles. The Bertz CT molecular complexity index is 786. The van der Waals surface area contributed by atoms with Gasteiger partial charge in [0, 0.05) is 30.3 Å². The minimum Gasteiger partial charge on any atom is -0.339 e. The van der Waals surface area contributed by atoms with Gasteiger partial charge in [0.25, 0.3) is 5.91 Å². The monoisotopic (exact) mass is 333 g/mol. The molecule has 1 saturated heterocycles. The van der Waals surface area contributed by atoms with E-state index >= 15 is 0 Å². The van der Waals surface area contributed by atoms with Crippen LogP contribution in [-0.4, -0.2) is 29.8 Å². The van der Waals surface area contributed by atoms with Gasteiger partial charge in [-0.2, -0.15) is 5.26 Å². The number of nitrogens with zero attached hydrogens (tertiary/aromatic N) is 2. The molecule has 0 aromatic heterocycles. The highest BCUT2D eigenvalue weighted by molar-refractivity contribution is 5.95. The first-order valence-corrected chi connectivity index (χ1v) is 8.33.